The first kappa shape index (κ1) is 26.8. The monoisotopic (exact) mass is 527 g/mol. The Morgan fingerprint density at radius 2 is 1.92 bits per heavy atom. The largest absolute Gasteiger partial charge is 0.490 e. The van der Waals surface area contributed by atoms with Crippen molar-refractivity contribution in [3.05, 3.63) is 76.1 Å². The number of nitrogens with one attached hydrogen (secondary N) is 1. The second-order valence-corrected chi connectivity index (χ2v) is 11.4. The van der Waals surface area contributed by atoms with E-state index < -0.39 is 17.7 Å². The molecule has 0 fully saturated rings. The van der Waals surface area contributed by atoms with Crippen LogP contribution in [0, 0.1) is 27.7 Å². The van der Waals surface area contributed by atoms with Gasteiger partial charge in [0.1, 0.15) is 18.0 Å². The molecule has 5 rings (SSSR count). The first-order valence-corrected chi connectivity index (χ1v) is 13.4. The SMILES string of the molecule is Cc1ccc(Cn2ccc3c(-c4ccc5c(c4C)NCCO5)c(C(OC(C)(C)C)C(=O)O)c(C)nc32)c(C)c1. The number of carboxylic acid groups (broad SMARTS) is 1. The van der Waals surface area contributed by atoms with Gasteiger partial charge < -0.3 is 24.5 Å². The minimum atomic E-state index is -1.18. The minimum absolute atomic E-state index is 0.578. The van der Waals surface area contributed by atoms with Gasteiger partial charge in [-0.2, -0.15) is 0 Å². The van der Waals surface area contributed by atoms with Crippen molar-refractivity contribution in [2.45, 2.75) is 66.7 Å². The highest BCUT2D eigenvalue weighted by molar-refractivity contribution is 5.99. The van der Waals surface area contributed by atoms with Crippen molar-refractivity contribution in [3.63, 3.8) is 0 Å². The van der Waals surface area contributed by atoms with Crippen LogP contribution in [0.4, 0.5) is 5.69 Å². The first-order chi connectivity index (χ1) is 18.4. The van der Waals surface area contributed by atoms with Gasteiger partial charge in [-0.15, -0.1) is 0 Å². The number of aromatic nitrogens is 2. The number of carbonyl (C=O) groups is 1. The average molecular weight is 528 g/mol. The van der Waals surface area contributed by atoms with E-state index in [0.717, 1.165) is 39.2 Å². The van der Waals surface area contributed by atoms with Crippen molar-refractivity contribution in [1.82, 2.24) is 9.55 Å². The zero-order chi connectivity index (χ0) is 28.1. The lowest BCUT2D eigenvalue weighted by molar-refractivity contribution is -0.160. The normalized spacial score (nSPS) is 14.0. The molecule has 0 bridgehead atoms. The molecule has 1 aliphatic heterocycles. The zero-order valence-corrected chi connectivity index (χ0v) is 23.8. The Labute approximate surface area is 229 Å². The van der Waals surface area contributed by atoms with Crippen LogP contribution in [0.1, 0.15) is 60.4 Å². The number of nitrogens with zero attached hydrogens (tertiary/aromatic N) is 2. The van der Waals surface area contributed by atoms with Crippen molar-refractivity contribution >= 4 is 22.7 Å². The first-order valence-electron chi connectivity index (χ1n) is 13.4. The maximum atomic E-state index is 12.7. The van der Waals surface area contributed by atoms with Gasteiger partial charge in [-0.25, -0.2) is 9.78 Å². The maximum absolute atomic E-state index is 12.7. The van der Waals surface area contributed by atoms with E-state index in [1.165, 1.54) is 16.7 Å². The minimum Gasteiger partial charge on any atom is -0.490 e. The second kappa shape index (κ2) is 10.0. The fourth-order valence-corrected chi connectivity index (χ4v) is 5.50. The summed E-state index contributed by atoms with van der Waals surface area (Å²) in [5.74, 6) is -0.235. The van der Waals surface area contributed by atoms with Crippen LogP contribution < -0.4 is 10.1 Å². The number of anilines is 1. The third kappa shape index (κ3) is 5.11. The van der Waals surface area contributed by atoms with Crippen LogP contribution in [0.5, 0.6) is 5.75 Å². The molecule has 3 heterocycles. The summed E-state index contributed by atoms with van der Waals surface area (Å²) < 4.78 is 14.2. The van der Waals surface area contributed by atoms with Gasteiger partial charge in [0.15, 0.2) is 6.10 Å². The summed E-state index contributed by atoms with van der Waals surface area (Å²) in [6.07, 6.45) is 0.860. The topological polar surface area (TPSA) is 85.6 Å². The molecule has 204 valence electrons. The summed E-state index contributed by atoms with van der Waals surface area (Å²) >= 11 is 0. The van der Waals surface area contributed by atoms with Crippen LogP contribution in [-0.2, 0) is 16.1 Å². The molecule has 1 atom stereocenters. The highest BCUT2D eigenvalue weighted by atomic mass is 16.5. The van der Waals surface area contributed by atoms with Gasteiger partial charge in [0.2, 0.25) is 0 Å². The van der Waals surface area contributed by atoms with Gasteiger partial charge >= 0.3 is 5.97 Å². The molecule has 39 heavy (non-hydrogen) atoms. The van der Waals surface area contributed by atoms with E-state index in [9.17, 15) is 9.90 Å². The Bertz CT molecular complexity index is 1580. The van der Waals surface area contributed by atoms with Gasteiger partial charge in [0.25, 0.3) is 0 Å². The third-order valence-electron chi connectivity index (χ3n) is 7.29. The lowest BCUT2D eigenvalue weighted by atomic mass is 9.89. The van der Waals surface area contributed by atoms with Crippen LogP contribution in [0.2, 0.25) is 0 Å². The maximum Gasteiger partial charge on any atom is 0.337 e. The third-order valence-corrected chi connectivity index (χ3v) is 7.29. The van der Waals surface area contributed by atoms with Crippen LogP contribution in [0.15, 0.2) is 42.6 Å². The number of carboxylic acids is 1. The molecule has 7 heteroatoms. The smallest absolute Gasteiger partial charge is 0.337 e. The molecule has 0 saturated heterocycles. The standard InChI is InChI=1S/C32H37N3O4/c1-18-8-9-22(19(2)16-18)17-35-14-12-24-27(23-10-11-25-28(20(23)3)33-13-15-38-25)26(21(4)34-30(24)35)29(31(36)37)39-32(5,6)7/h8-12,14,16,29,33H,13,15,17H2,1-7H3,(H,36,37). The Kier molecular flexibility index (Phi) is 6.89. The van der Waals surface area contributed by atoms with E-state index in [1.807, 2.05) is 59.0 Å². The molecule has 1 unspecified atom stereocenters. The highest BCUT2D eigenvalue weighted by Crippen LogP contribution is 2.44. The van der Waals surface area contributed by atoms with Crippen LogP contribution >= 0.6 is 0 Å². The second-order valence-electron chi connectivity index (χ2n) is 11.4. The predicted octanol–water partition coefficient (Wildman–Crippen LogP) is 6.73. The molecule has 1 aliphatic rings. The van der Waals surface area contributed by atoms with Crippen LogP contribution in [0.3, 0.4) is 0 Å². The number of aliphatic carboxylic acids is 1. The summed E-state index contributed by atoms with van der Waals surface area (Å²) in [5, 5.41) is 14.7. The fourth-order valence-electron chi connectivity index (χ4n) is 5.50. The average Bonchev–Trinajstić information content (AvgIpc) is 3.25. The number of hydrogen-bond donors (Lipinski definition) is 2. The molecular formula is C32H37N3O4. The number of fused-ring (bicyclic) bond motifs is 2. The molecule has 0 amide bonds. The van der Waals surface area contributed by atoms with Gasteiger partial charge in [-0.1, -0.05) is 29.8 Å². The van der Waals surface area contributed by atoms with Crippen molar-refractivity contribution in [2.75, 3.05) is 18.5 Å². The van der Waals surface area contributed by atoms with Crippen molar-refractivity contribution in [1.29, 1.82) is 0 Å². The van der Waals surface area contributed by atoms with Gasteiger partial charge in [-0.3, -0.25) is 0 Å². The summed E-state index contributed by atoms with van der Waals surface area (Å²) in [4.78, 5) is 17.7. The van der Waals surface area contributed by atoms with Gasteiger partial charge in [0, 0.05) is 41.5 Å². The molecular weight excluding hydrogens is 490 g/mol. The quantitative estimate of drug-likeness (QED) is 0.289. The number of ether oxygens (including phenoxy) is 2. The van der Waals surface area contributed by atoms with E-state index in [4.69, 9.17) is 14.5 Å². The molecule has 0 aliphatic carbocycles. The van der Waals surface area contributed by atoms with Gasteiger partial charge in [0.05, 0.1) is 11.3 Å². The summed E-state index contributed by atoms with van der Waals surface area (Å²) in [6.45, 7) is 15.8. The summed E-state index contributed by atoms with van der Waals surface area (Å²) in [6, 6.07) is 12.5. The number of rotatable bonds is 6. The number of benzene rings is 2. The number of pyridine rings is 1. The Hall–Kier alpha value is -3.84. The Morgan fingerprint density at radius 1 is 1.15 bits per heavy atom. The highest BCUT2D eigenvalue weighted by Gasteiger charge is 2.33. The Morgan fingerprint density at radius 3 is 2.62 bits per heavy atom. The van der Waals surface area contributed by atoms with E-state index in [0.29, 0.717) is 31.0 Å². The predicted molar refractivity (Wildman–Crippen MR) is 155 cm³/mol. The number of aryl methyl sites for hydroxylation is 3. The van der Waals surface area contributed by atoms with Crippen LogP contribution in [-0.4, -0.2) is 39.4 Å². The van der Waals surface area contributed by atoms with Crippen molar-refractivity contribution in [2.24, 2.45) is 0 Å². The molecule has 2 aromatic carbocycles. The molecule has 0 radical (unpaired) electrons. The molecule has 0 saturated carbocycles. The van der Waals surface area contributed by atoms with E-state index in [-0.39, 0.29) is 0 Å². The lowest BCUT2D eigenvalue weighted by Crippen LogP contribution is -2.28. The molecule has 0 spiro atoms. The zero-order valence-electron chi connectivity index (χ0n) is 23.8. The van der Waals surface area contributed by atoms with Crippen molar-refractivity contribution in [3.8, 4) is 16.9 Å². The lowest BCUT2D eigenvalue weighted by Gasteiger charge is -2.29. The summed E-state index contributed by atoms with van der Waals surface area (Å²) in [7, 11) is 0. The summed E-state index contributed by atoms with van der Waals surface area (Å²) in [5.41, 5.74) is 8.74. The molecule has 2 N–H and O–H groups in total. The fraction of sp³-hybridized carbons (Fsp3) is 0.375. The van der Waals surface area contributed by atoms with Crippen molar-refractivity contribution < 1.29 is 19.4 Å². The van der Waals surface area contributed by atoms with E-state index in [1.54, 1.807) is 0 Å². The Balaban J connectivity index is 1.78. The van der Waals surface area contributed by atoms with Gasteiger partial charge in [-0.05, 0) is 82.9 Å². The number of hydrogen-bond acceptors (Lipinski definition) is 5. The molecule has 2 aromatic heterocycles. The van der Waals surface area contributed by atoms with E-state index >= 15 is 0 Å². The van der Waals surface area contributed by atoms with Crippen LogP contribution in [0.25, 0.3) is 22.2 Å². The molecule has 4 aromatic rings. The van der Waals surface area contributed by atoms with E-state index in [2.05, 4.69) is 41.9 Å². The molecule has 7 nitrogen and oxygen atoms in total.